The Labute approximate surface area is 167 Å². The zero-order chi connectivity index (χ0) is 19.8. The first-order valence-corrected chi connectivity index (χ1v) is 9.20. The molecular weight excluding hydrogens is 356 g/mol. The first-order chi connectivity index (χ1) is 14.3. The van der Waals surface area contributed by atoms with Gasteiger partial charge in [-0.25, -0.2) is 4.98 Å². The second-order valence-corrected chi connectivity index (χ2v) is 6.73. The van der Waals surface area contributed by atoms with Crippen LogP contribution in [-0.4, -0.2) is 9.55 Å². The van der Waals surface area contributed by atoms with Gasteiger partial charge in [0.1, 0.15) is 17.8 Å². The Morgan fingerprint density at radius 3 is 1.97 bits per heavy atom. The predicted octanol–water partition coefficient (Wildman–Crippen LogP) is 5.59. The molecule has 2 heterocycles. The maximum absolute atomic E-state index is 9.89. The van der Waals surface area contributed by atoms with E-state index in [9.17, 15) is 5.26 Å². The van der Waals surface area contributed by atoms with Gasteiger partial charge in [-0.05, 0) is 30.3 Å². The minimum atomic E-state index is 0.364. The van der Waals surface area contributed by atoms with Crippen LogP contribution in [0.2, 0.25) is 0 Å². The summed E-state index contributed by atoms with van der Waals surface area (Å²) in [4.78, 5) is 4.22. The van der Waals surface area contributed by atoms with E-state index in [-0.39, 0.29) is 0 Å². The molecule has 5 aromatic rings. The van der Waals surface area contributed by atoms with E-state index in [2.05, 4.69) is 46.0 Å². The normalized spacial score (nSPS) is 10.7. The molecule has 3 aromatic carbocycles. The summed E-state index contributed by atoms with van der Waals surface area (Å²) in [5.41, 5.74) is 5.60. The highest BCUT2D eigenvalue weighted by molar-refractivity contribution is 6.10. The average Bonchev–Trinajstić information content (AvgIpc) is 3.13. The fourth-order valence-corrected chi connectivity index (χ4v) is 3.89. The highest BCUT2D eigenvalue weighted by Crippen LogP contribution is 2.37. The van der Waals surface area contributed by atoms with Crippen LogP contribution >= 0.6 is 0 Å². The molecule has 0 bridgehead atoms. The third-order valence-electron chi connectivity index (χ3n) is 5.15. The number of rotatable bonds is 2. The molecule has 0 aliphatic heterocycles. The van der Waals surface area contributed by atoms with E-state index in [1.807, 2.05) is 48.5 Å². The van der Waals surface area contributed by atoms with Gasteiger partial charge in [0.05, 0.1) is 22.3 Å². The molecule has 0 aliphatic rings. The van der Waals surface area contributed by atoms with Gasteiger partial charge in [-0.2, -0.15) is 10.5 Å². The van der Waals surface area contributed by atoms with E-state index >= 15 is 0 Å². The van der Waals surface area contributed by atoms with Gasteiger partial charge < -0.3 is 4.57 Å². The molecule has 0 spiro atoms. The second-order valence-electron chi connectivity index (χ2n) is 6.73. The number of fused-ring (bicyclic) bond motifs is 3. The fourth-order valence-electron chi connectivity index (χ4n) is 3.89. The van der Waals surface area contributed by atoms with Crippen LogP contribution in [0.3, 0.4) is 0 Å². The lowest BCUT2D eigenvalue weighted by atomic mass is 10.0. The Balaban J connectivity index is 1.92. The number of benzene rings is 3. The van der Waals surface area contributed by atoms with Crippen molar-refractivity contribution in [3.63, 3.8) is 0 Å². The van der Waals surface area contributed by atoms with E-state index in [0.717, 1.165) is 38.6 Å². The van der Waals surface area contributed by atoms with E-state index < -0.39 is 0 Å². The summed E-state index contributed by atoms with van der Waals surface area (Å²) in [7, 11) is 0. The Hall–Kier alpha value is -4.41. The number of nitrogens with zero attached hydrogens (tertiary/aromatic N) is 4. The molecule has 0 saturated carbocycles. The maximum Gasteiger partial charge on any atom is 0.140 e. The van der Waals surface area contributed by atoms with E-state index in [4.69, 9.17) is 5.26 Å². The topological polar surface area (TPSA) is 65.4 Å². The summed E-state index contributed by atoms with van der Waals surface area (Å²) in [6.45, 7) is 0. The molecule has 0 atom stereocenters. The molecule has 29 heavy (non-hydrogen) atoms. The van der Waals surface area contributed by atoms with E-state index in [0.29, 0.717) is 11.3 Å². The smallest absolute Gasteiger partial charge is 0.140 e. The molecule has 0 aliphatic carbocycles. The van der Waals surface area contributed by atoms with Crippen LogP contribution in [0.1, 0.15) is 11.3 Å². The van der Waals surface area contributed by atoms with Crippen LogP contribution in [0.25, 0.3) is 38.6 Å². The first kappa shape index (κ1) is 16.7. The summed E-state index contributed by atoms with van der Waals surface area (Å²) in [5.74, 6) is 0. The van der Waals surface area contributed by atoms with Crippen molar-refractivity contribution in [2.45, 2.75) is 0 Å². The molecule has 4 heteroatoms. The largest absolute Gasteiger partial charge is 0.307 e. The van der Waals surface area contributed by atoms with E-state index in [1.54, 1.807) is 12.3 Å². The molecule has 4 nitrogen and oxygen atoms in total. The number of pyridine rings is 1. The fraction of sp³-hybridized carbons (Fsp3) is 0. The summed E-state index contributed by atoms with van der Waals surface area (Å²) < 4.78 is 2.15. The standard InChI is InChI=1S/C25H14N4/c26-14-17-6-5-9-20(18-12-13-19(15-27)28-16-18)25(17)29-23-10-3-1-7-21(23)22-8-2-4-11-24(22)29/h1-13,16H. The van der Waals surface area contributed by atoms with Crippen LogP contribution < -0.4 is 0 Å². The minimum Gasteiger partial charge on any atom is -0.307 e. The number of nitriles is 2. The number of para-hydroxylation sites is 3. The van der Waals surface area contributed by atoms with Gasteiger partial charge in [-0.1, -0.05) is 48.5 Å². The van der Waals surface area contributed by atoms with Gasteiger partial charge in [0.2, 0.25) is 0 Å². The zero-order valence-corrected chi connectivity index (χ0v) is 15.4. The molecule has 0 fully saturated rings. The van der Waals surface area contributed by atoms with Crippen LogP contribution in [0.15, 0.2) is 85.1 Å². The third kappa shape index (κ3) is 2.56. The number of hydrogen-bond acceptors (Lipinski definition) is 3. The quantitative estimate of drug-likeness (QED) is 0.407. The van der Waals surface area contributed by atoms with Crippen LogP contribution in [0.4, 0.5) is 0 Å². The van der Waals surface area contributed by atoms with Gasteiger partial charge in [0.25, 0.3) is 0 Å². The van der Waals surface area contributed by atoms with Crippen molar-refractivity contribution in [1.82, 2.24) is 9.55 Å². The molecule has 0 radical (unpaired) electrons. The summed E-state index contributed by atoms with van der Waals surface area (Å²) in [6.07, 6.45) is 1.69. The Kier molecular flexibility index (Phi) is 3.83. The molecular formula is C25H14N4. The van der Waals surface area contributed by atoms with Gasteiger partial charge >= 0.3 is 0 Å². The second kappa shape index (κ2) is 6.64. The van der Waals surface area contributed by atoms with Gasteiger partial charge in [0.15, 0.2) is 0 Å². The maximum atomic E-state index is 9.89. The first-order valence-electron chi connectivity index (χ1n) is 9.20. The lowest BCUT2D eigenvalue weighted by Gasteiger charge is -2.15. The molecule has 2 aromatic heterocycles. The SMILES string of the molecule is N#Cc1ccc(-c2cccc(C#N)c2-n2c3ccccc3c3ccccc32)cn1. The van der Waals surface area contributed by atoms with Crippen LogP contribution in [-0.2, 0) is 0 Å². The molecule has 134 valence electrons. The number of hydrogen-bond donors (Lipinski definition) is 0. The van der Waals surface area contributed by atoms with Crippen molar-refractivity contribution >= 4 is 21.8 Å². The molecule has 0 saturated heterocycles. The lowest BCUT2D eigenvalue weighted by Crippen LogP contribution is -2.01. The summed E-state index contributed by atoms with van der Waals surface area (Å²) in [6, 6.07) is 30.1. The Bertz CT molecular complexity index is 1410. The van der Waals surface area contributed by atoms with E-state index in [1.165, 1.54) is 0 Å². The Morgan fingerprint density at radius 2 is 1.38 bits per heavy atom. The Morgan fingerprint density at radius 1 is 0.690 bits per heavy atom. The van der Waals surface area contributed by atoms with Crippen molar-refractivity contribution in [2.24, 2.45) is 0 Å². The molecule has 0 amide bonds. The van der Waals surface area contributed by atoms with Gasteiger partial charge in [-0.3, -0.25) is 0 Å². The zero-order valence-electron chi connectivity index (χ0n) is 15.4. The molecule has 0 N–H and O–H groups in total. The predicted molar refractivity (Wildman–Crippen MR) is 113 cm³/mol. The van der Waals surface area contributed by atoms with Crippen molar-refractivity contribution in [3.05, 3.63) is 96.3 Å². The van der Waals surface area contributed by atoms with Crippen molar-refractivity contribution in [3.8, 4) is 29.0 Å². The lowest BCUT2D eigenvalue weighted by molar-refractivity contribution is 1.16. The van der Waals surface area contributed by atoms with Gasteiger partial charge in [-0.15, -0.1) is 0 Å². The number of aromatic nitrogens is 2. The van der Waals surface area contributed by atoms with Gasteiger partial charge in [0, 0.05) is 28.1 Å². The average molecular weight is 370 g/mol. The molecule has 0 unspecified atom stereocenters. The highest BCUT2D eigenvalue weighted by atomic mass is 15.0. The third-order valence-corrected chi connectivity index (χ3v) is 5.15. The minimum absolute atomic E-state index is 0.364. The van der Waals surface area contributed by atoms with Crippen LogP contribution in [0.5, 0.6) is 0 Å². The molecule has 5 rings (SSSR count). The highest BCUT2D eigenvalue weighted by Gasteiger charge is 2.18. The van der Waals surface area contributed by atoms with Crippen LogP contribution in [0, 0.1) is 22.7 Å². The summed E-state index contributed by atoms with van der Waals surface area (Å²) in [5, 5.41) is 21.2. The monoisotopic (exact) mass is 370 g/mol. The summed E-state index contributed by atoms with van der Waals surface area (Å²) >= 11 is 0. The van der Waals surface area contributed by atoms with Crippen molar-refractivity contribution < 1.29 is 0 Å². The van der Waals surface area contributed by atoms with Crippen molar-refractivity contribution in [1.29, 1.82) is 10.5 Å². The van der Waals surface area contributed by atoms with Crippen molar-refractivity contribution in [2.75, 3.05) is 0 Å².